The van der Waals surface area contributed by atoms with E-state index in [1.165, 1.54) is 5.56 Å². The van der Waals surface area contributed by atoms with E-state index < -0.39 is 0 Å². The van der Waals surface area contributed by atoms with Crippen LogP contribution >= 0.6 is 0 Å². The number of hydrogen-bond acceptors (Lipinski definition) is 3. The highest BCUT2D eigenvalue weighted by molar-refractivity contribution is 6.03. The molecule has 0 bridgehead atoms. The fourth-order valence-corrected chi connectivity index (χ4v) is 2.64. The lowest BCUT2D eigenvalue weighted by molar-refractivity contribution is 0.312. The zero-order valence-electron chi connectivity index (χ0n) is 10.0. The Bertz CT molecular complexity index is 560. The van der Waals surface area contributed by atoms with E-state index in [4.69, 9.17) is 0 Å². The molecule has 0 saturated heterocycles. The van der Waals surface area contributed by atoms with E-state index in [1.54, 1.807) is 12.5 Å². The molecule has 1 aliphatic rings. The number of rotatable bonds is 2. The Kier molecular flexibility index (Phi) is 2.84. The summed E-state index contributed by atoms with van der Waals surface area (Å²) in [6, 6.07) is 8.16. The lowest BCUT2D eigenvalue weighted by atomic mass is 9.82. The number of imidazole rings is 1. The highest BCUT2D eigenvalue weighted by Crippen LogP contribution is 2.27. The van der Waals surface area contributed by atoms with Crippen molar-refractivity contribution in [2.45, 2.75) is 19.4 Å². The monoisotopic (exact) mass is 241 g/mol. The van der Waals surface area contributed by atoms with Gasteiger partial charge < -0.3 is 9.77 Å². The molecule has 1 aromatic heterocycles. The van der Waals surface area contributed by atoms with Gasteiger partial charge in [0.15, 0.2) is 0 Å². The fourth-order valence-electron chi connectivity index (χ4n) is 2.64. The predicted octanol–water partition coefficient (Wildman–Crippen LogP) is 2.32. The van der Waals surface area contributed by atoms with E-state index in [0.717, 1.165) is 30.7 Å². The van der Waals surface area contributed by atoms with Crippen molar-refractivity contribution in [3.05, 3.63) is 54.1 Å². The van der Waals surface area contributed by atoms with Gasteiger partial charge in [-0.05, 0) is 18.4 Å². The molecule has 2 aromatic rings. The van der Waals surface area contributed by atoms with Gasteiger partial charge in [-0.1, -0.05) is 29.4 Å². The molecule has 92 valence electrons. The average Bonchev–Trinajstić information content (AvgIpc) is 2.91. The molecule has 0 fully saturated rings. The molecule has 3 rings (SSSR count). The van der Waals surface area contributed by atoms with Gasteiger partial charge in [0.05, 0.1) is 12.0 Å². The van der Waals surface area contributed by atoms with Crippen LogP contribution < -0.4 is 0 Å². The first-order valence-corrected chi connectivity index (χ1v) is 6.14. The van der Waals surface area contributed by atoms with Crippen LogP contribution in [-0.2, 0) is 13.0 Å². The minimum Gasteiger partial charge on any atom is -0.411 e. The molecule has 0 saturated carbocycles. The Morgan fingerprint density at radius 2 is 2.28 bits per heavy atom. The van der Waals surface area contributed by atoms with Crippen LogP contribution in [0, 0.1) is 5.92 Å². The summed E-state index contributed by atoms with van der Waals surface area (Å²) in [5.74, 6) is 0.249. The van der Waals surface area contributed by atoms with E-state index in [9.17, 15) is 5.21 Å². The second-order valence-corrected chi connectivity index (χ2v) is 4.64. The smallest absolute Gasteiger partial charge is 0.0946 e. The van der Waals surface area contributed by atoms with Crippen LogP contribution in [0.25, 0.3) is 0 Å². The van der Waals surface area contributed by atoms with Crippen molar-refractivity contribution in [3.8, 4) is 0 Å². The van der Waals surface area contributed by atoms with Gasteiger partial charge in [0.1, 0.15) is 0 Å². The highest BCUT2D eigenvalue weighted by Gasteiger charge is 2.25. The molecular formula is C14H15N3O. The maximum Gasteiger partial charge on any atom is 0.0946 e. The Labute approximate surface area is 106 Å². The van der Waals surface area contributed by atoms with Crippen molar-refractivity contribution < 1.29 is 5.21 Å². The quantitative estimate of drug-likeness (QED) is 0.648. The maximum absolute atomic E-state index is 9.30. The molecule has 1 aromatic carbocycles. The molecule has 0 unspecified atom stereocenters. The summed E-state index contributed by atoms with van der Waals surface area (Å²) in [5.41, 5.74) is 3.15. The van der Waals surface area contributed by atoms with Crippen molar-refractivity contribution in [3.63, 3.8) is 0 Å². The summed E-state index contributed by atoms with van der Waals surface area (Å²) < 4.78 is 2.03. The number of fused-ring (bicyclic) bond motifs is 1. The number of nitrogens with zero attached hydrogens (tertiary/aromatic N) is 3. The molecule has 1 atom stereocenters. The molecule has 1 heterocycles. The summed E-state index contributed by atoms with van der Waals surface area (Å²) in [4.78, 5) is 4.04. The van der Waals surface area contributed by atoms with Crippen molar-refractivity contribution in [1.29, 1.82) is 0 Å². The van der Waals surface area contributed by atoms with E-state index in [-0.39, 0.29) is 5.92 Å². The van der Waals surface area contributed by atoms with Crippen LogP contribution in [0.3, 0.4) is 0 Å². The van der Waals surface area contributed by atoms with Gasteiger partial charge >= 0.3 is 0 Å². The van der Waals surface area contributed by atoms with Crippen molar-refractivity contribution in [2.75, 3.05) is 0 Å². The first kappa shape index (κ1) is 11.0. The predicted molar refractivity (Wildman–Crippen MR) is 68.8 cm³/mol. The first-order valence-electron chi connectivity index (χ1n) is 6.14. The molecule has 18 heavy (non-hydrogen) atoms. The van der Waals surface area contributed by atoms with Gasteiger partial charge in [-0.25, -0.2) is 4.98 Å². The van der Waals surface area contributed by atoms with E-state index in [2.05, 4.69) is 16.2 Å². The zero-order chi connectivity index (χ0) is 12.4. The third-order valence-corrected chi connectivity index (χ3v) is 3.54. The molecule has 4 heteroatoms. The number of aryl methyl sites for hydroxylation is 1. The van der Waals surface area contributed by atoms with Crippen LogP contribution in [0.15, 0.2) is 48.1 Å². The minimum atomic E-state index is 0.249. The second kappa shape index (κ2) is 4.64. The van der Waals surface area contributed by atoms with Crippen molar-refractivity contribution in [2.24, 2.45) is 11.1 Å². The van der Waals surface area contributed by atoms with Crippen LogP contribution in [0.4, 0.5) is 0 Å². The summed E-state index contributed by atoms with van der Waals surface area (Å²) in [5, 5.41) is 12.8. The molecule has 1 N–H and O–H groups in total. The molecule has 0 spiro atoms. The van der Waals surface area contributed by atoms with Gasteiger partial charge in [-0.3, -0.25) is 0 Å². The summed E-state index contributed by atoms with van der Waals surface area (Å²) >= 11 is 0. The highest BCUT2D eigenvalue weighted by atomic mass is 16.4. The molecule has 4 nitrogen and oxygen atoms in total. The molecule has 0 radical (unpaired) electrons. The van der Waals surface area contributed by atoms with Crippen molar-refractivity contribution in [1.82, 2.24) is 9.55 Å². The number of benzene rings is 1. The van der Waals surface area contributed by atoms with Gasteiger partial charge in [0, 0.05) is 30.4 Å². The van der Waals surface area contributed by atoms with Crippen molar-refractivity contribution >= 4 is 5.71 Å². The Hall–Kier alpha value is -2.10. The maximum atomic E-state index is 9.30. The number of aromatic nitrogens is 2. The Morgan fingerprint density at radius 3 is 3.06 bits per heavy atom. The lowest BCUT2D eigenvalue weighted by Crippen LogP contribution is -2.27. The largest absolute Gasteiger partial charge is 0.411 e. The van der Waals surface area contributed by atoms with Crippen LogP contribution in [0.5, 0.6) is 0 Å². The SMILES string of the molecule is ON=C1c2ccccc2CC[C@H]1Cn1ccnc1. The van der Waals surface area contributed by atoms with Gasteiger partial charge in [0.2, 0.25) is 0 Å². The van der Waals surface area contributed by atoms with E-state index >= 15 is 0 Å². The molecular weight excluding hydrogens is 226 g/mol. The third kappa shape index (κ3) is 1.90. The van der Waals surface area contributed by atoms with Gasteiger partial charge in [-0.15, -0.1) is 0 Å². The topological polar surface area (TPSA) is 50.4 Å². The average molecular weight is 241 g/mol. The van der Waals surface area contributed by atoms with Crippen LogP contribution in [-0.4, -0.2) is 20.5 Å². The zero-order valence-corrected chi connectivity index (χ0v) is 10.0. The lowest BCUT2D eigenvalue weighted by Gasteiger charge is -2.25. The van der Waals surface area contributed by atoms with Crippen LogP contribution in [0.1, 0.15) is 17.5 Å². The van der Waals surface area contributed by atoms with E-state index in [1.807, 2.05) is 29.0 Å². The first-order chi connectivity index (χ1) is 8.88. The molecule has 1 aliphatic carbocycles. The standard InChI is InChI=1S/C14H15N3O/c18-16-14-12(9-17-8-7-15-10-17)6-5-11-3-1-2-4-13(11)14/h1-4,7-8,10,12,18H,5-6,9H2/t12-/m0/s1. The summed E-state index contributed by atoms with van der Waals surface area (Å²) in [6.07, 6.45) is 7.56. The third-order valence-electron chi connectivity index (χ3n) is 3.54. The second-order valence-electron chi connectivity index (χ2n) is 4.64. The Balaban J connectivity index is 1.90. The van der Waals surface area contributed by atoms with Gasteiger partial charge in [0.25, 0.3) is 0 Å². The van der Waals surface area contributed by atoms with E-state index in [0.29, 0.717) is 0 Å². The minimum absolute atomic E-state index is 0.249. The van der Waals surface area contributed by atoms with Gasteiger partial charge in [-0.2, -0.15) is 0 Å². The number of hydrogen-bond donors (Lipinski definition) is 1. The van der Waals surface area contributed by atoms with Crippen LogP contribution in [0.2, 0.25) is 0 Å². The summed E-state index contributed by atoms with van der Waals surface area (Å²) in [6.45, 7) is 0.813. The normalized spacial score (nSPS) is 20.9. The fraction of sp³-hybridized carbons (Fsp3) is 0.286. The number of oxime groups is 1. The summed E-state index contributed by atoms with van der Waals surface area (Å²) in [7, 11) is 0. The molecule has 0 aliphatic heterocycles. The molecule has 0 amide bonds. The Morgan fingerprint density at radius 1 is 1.39 bits per heavy atom.